The fourth-order valence-corrected chi connectivity index (χ4v) is 3.60. The van der Waals surface area contributed by atoms with E-state index in [0.717, 1.165) is 49.3 Å². The number of likely N-dealkylation sites (tertiary alicyclic amines) is 1. The number of aryl methyl sites for hydroxylation is 1. The summed E-state index contributed by atoms with van der Waals surface area (Å²) in [6.07, 6.45) is 8.78. The fourth-order valence-electron chi connectivity index (χ4n) is 3.60. The number of hydrogen-bond donors (Lipinski definition) is 0. The molecule has 1 atom stereocenters. The molecule has 0 N–H and O–H groups in total. The molecule has 0 aliphatic carbocycles. The molecule has 128 valence electrons. The lowest BCUT2D eigenvalue weighted by Crippen LogP contribution is -2.40. The zero-order chi connectivity index (χ0) is 17.2. The first-order chi connectivity index (χ1) is 12.2. The molecule has 0 bridgehead atoms. The fraction of sp³-hybridized carbons (Fsp3) is 0.350. The van der Waals surface area contributed by atoms with E-state index in [1.807, 2.05) is 59.1 Å². The molecule has 1 aliphatic heterocycles. The van der Waals surface area contributed by atoms with Crippen LogP contribution in [0.25, 0.3) is 5.65 Å². The van der Waals surface area contributed by atoms with Crippen LogP contribution in [0.15, 0.2) is 48.9 Å². The highest BCUT2D eigenvalue weighted by Gasteiger charge is 2.26. The number of pyridine rings is 2. The summed E-state index contributed by atoms with van der Waals surface area (Å²) in [5.41, 5.74) is 3.60. The maximum atomic E-state index is 12.9. The Morgan fingerprint density at radius 2 is 2.16 bits per heavy atom. The predicted molar refractivity (Wildman–Crippen MR) is 96.5 cm³/mol. The number of hydrogen-bond acceptors (Lipinski definition) is 3. The Hall–Kier alpha value is -2.69. The molecular formula is C20H22N4O. The lowest BCUT2D eigenvalue weighted by atomic mass is 9.93. The Balaban J connectivity index is 1.49. The summed E-state index contributed by atoms with van der Waals surface area (Å²) in [6, 6.07) is 9.98. The average molecular weight is 334 g/mol. The maximum Gasteiger partial charge on any atom is 0.274 e. The third kappa shape index (κ3) is 3.40. The lowest BCUT2D eigenvalue weighted by molar-refractivity contribution is 0.0667. The number of rotatable bonds is 3. The SMILES string of the molecule is Cc1ccc2nc(C(=O)N3CCCC(Cc4ccccn4)C3)cn2c1. The maximum absolute atomic E-state index is 12.9. The molecular weight excluding hydrogens is 312 g/mol. The second-order valence-corrected chi connectivity index (χ2v) is 6.88. The molecule has 4 rings (SSSR count). The van der Waals surface area contributed by atoms with Crippen molar-refractivity contribution in [1.29, 1.82) is 0 Å². The molecule has 0 radical (unpaired) electrons. The summed E-state index contributed by atoms with van der Waals surface area (Å²) in [5.74, 6) is 0.499. The minimum atomic E-state index is 0.0343. The van der Waals surface area contributed by atoms with Crippen molar-refractivity contribution in [1.82, 2.24) is 19.3 Å². The van der Waals surface area contributed by atoms with E-state index in [0.29, 0.717) is 11.6 Å². The number of carbonyl (C=O) groups excluding carboxylic acids is 1. The Morgan fingerprint density at radius 1 is 1.24 bits per heavy atom. The summed E-state index contributed by atoms with van der Waals surface area (Å²) in [6.45, 7) is 3.63. The summed E-state index contributed by atoms with van der Waals surface area (Å²) in [4.78, 5) is 23.8. The van der Waals surface area contributed by atoms with Crippen molar-refractivity contribution in [2.75, 3.05) is 13.1 Å². The van der Waals surface area contributed by atoms with Gasteiger partial charge in [0.05, 0.1) is 0 Å². The first-order valence-electron chi connectivity index (χ1n) is 8.83. The van der Waals surface area contributed by atoms with Crippen molar-refractivity contribution in [3.63, 3.8) is 0 Å². The highest BCUT2D eigenvalue weighted by Crippen LogP contribution is 2.21. The molecule has 1 fully saturated rings. The van der Waals surface area contributed by atoms with Gasteiger partial charge in [0, 0.05) is 37.4 Å². The van der Waals surface area contributed by atoms with Crippen LogP contribution in [0.4, 0.5) is 0 Å². The smallest absolute Gasteiger partial charge is 0.274 e. The van der Waals surface area contributed by atoms with Crippen LogP contribution < -0.4 is 0 Å². The van der Waals surface area contributed by atoms with Gasteiger partial charge in [-0.3, -0.25) is 9.78 Å². The first kappa shape index (κ1) is 15.8. The van der Waals surface area contributed by atoms with Crippen LogP contribution in [0, 0.1) is 12.8 Å². The minimum Gasteiger partial charge on any atom is -0.337 e. The molecule has 1 unspecified atom stereocenters. The normalized spacial score (nSPS) is 17.8. The van der Waals surface area contributed by atoms with Crippen LogP contribution in [0.5, 0.6) is 0 Å². The van der Waals surface area contributed by atoms with Gasteiger partial charge in [0.25, 0.3) is 5.91 Å². The van der Waals surface area contributed by atoms with Gasteiger partial charge in [-0.15, -0.1) is 0 Å². The van der Waals surface area contributed by atoms with Gasteiger partial charge in [-0.25, -0.2) is 4.98 Å². The van der Waals surface area contributed by atoms with Gasteiger partial charge in [0.2, 0.25) is 0 Å². The van der Waals surface area contributed by atoms with E-state index in [1.165, 1.54) is 0 Å². The van der Waals surface area contributed by atoms with Crippen molar-refractivity contribution < 1.29 is 4.79 Å². The molecule has 1 amide bonds. The van der Waals surface area contributed by atoms with E-state index < -0.39 is 0 Å². The number of piperidine rings is 1. The van der Waals surface area contributed by atoms with E-state index >= 15 is 0 Å². The van der Waals surface area contributed by atoms with Gasteiger partial charge >= 0.3 is 0 Å². The van der Waals surface area contributed by atoms with Gasteiger partial charge < -0.3 is 9.30 Å². The topological polar surface area (TPSA) is 50.5 Å². The largest absolute Gasteiger partial charge is 0.337 e. The summed E-state index contributed by atoms with van der Waals surface area (Å²) < 4.78 is 1.93. The molecule has 4 heterocycles. The monoisotopic (exact) mass is 334 g/mol. The molecule has 0 aromatic carbocycles. The molecule has 25 heavy (non-hydrogen) atoms. The van der Waals surface area contributed by atoms with E-state index in [-0.39, 0.29) is 5.91 Å². The van der Waals surface area contributed by atoms with Crippen LogP contribution in [-0.4, -0.2) is 38.3 Å². The molecule has 5 nitrogen and oxygen atoms in total. The molecule has 1 aliphatic rings. The second kappa shape index (κ2) is 6.67. The van der Waals surface area contributed by atoms with Crippen molar-refractivity contribution in [3.8, 4) is 0 Å². The van der Waals surface area contributed by atoms with Crippen LogP contribution >= 0.6 is 0 Å². The van der Waals surface area contributed by atoms with E-state index in [1.54, 1.807) is 0 Å². The molecule has 5 heteroatoms. The zero-order valence-electron chi connectivity index (χ0n) is 14.4. The van der Waals surface area contributed by atoms with Gasteiger partial charge in [-0.05, 0) is 55.9 Å². The Kier molecular flexibility index (Phi) is 4.22. The van der Waals surface area contributed by atoms with Crippen LogP contribution in [-0.2, 0) is 6.42 Å². The Labute approximate surface area is 147 Å². The van der Waals surface area contributed by atoms with Gasteiger partial charge in [0.1, 0.15) is 11.3 Å². The van der Waals surface area contributed by atoms with E-state index in [2.05, 4.69) is 16.0 Å². The number of amides is 1. The Morgan fingerprint density at radius 3 is 3.00 bits per heavy atom. The summed E-state index contributed by atoms with van der Waals surface area (Å²) in [5, 5.41) is 0. The molecule has 3 aromatic heterocycles. The van der Waals surface area contributed by atoms with Crippen LogP contribution in [0.1, 0.15) is 34.6 Å². The van der Waals surface area contributed by atoms with E-state index in [4.69, 9.17) is 0 Å². The molecule has 1 saturated heterocycles. The quantitative estimate of drug-likeness (QED) is 0.739. The average Bonchev–Trinajstić information content (AvgIpc) is 3.05. The predicted octanol–water partition coefficient (Wildman–Crippen LogP) is 3.13. The van der Waals surface area contributed by atoms with E-state index in [9.17, 15) is 4.79 Å². The minimum absolute atomic E-state index is 0.0343. The lowest BCUT2D eigenvalue weighted by Gasteiger charge is -2.32. The first-order valence-corrected chi connectivity index (χ1v) is 8.83. The van der Waals surface area contributed by atoms with Crippen molar-refractivity contribution in [2.24, 2.45) is 5.92 Å². The van der Waals surface area contributed by atoms with Crippen LogP contribution in [0.2, 0.25) is 0 Å². The number of carbonyl (C=O) groups is 1. The summed E-state index contributed by atoms with van der Waals surface area (Å²) in [7, 11) is 0. The van der Waals surface area contributed by atoms with Crippen LogP contribution in [0.3, 0.4) is 0 Å². The highest BCUT2D eigenvalue weighted by atomic mass is 16.2. The van der Waals surface area contributed by atoms with Gasteiger partial charge in [-0.2, -0.15) is 0 Å². The second-order valence-electron chi connectivity index (χ2n) is 6.88. The molecule has 3 aromatic rings. The number of aromatic nitrogens is 3. The van der Waals surface area contributed by atoms with Crippen molar-refractivity contribution in [2.45, 2.75) is 26.2 Å². The third-order valence-corrected chi connectivity index (χ3v) is 4.85. The number of fused-ring (bicyclic) bond motifs is 1. The van der Waals surface area contributed by atoms with Crippen molar-refractivity contribution >= 4 is 11.6 Å². The summed E-state index contributed by atoms with van der Waals surface area (Å²) >= 11 is 0. The zero-order valence-corrected chi connectivity index (χ0v) is 14.4. The highest BCUT2D eigenvalue weighted by molar-refractivity contribution is 5.93. The standard InChI is InChI=1S/C20H22N4O/c1-15-7-8-19-22-18(14-24(19)12-15)20(25)23-10-4-5-16(13-23)11-17-6-2-3-9-21-17/h2-3,6-9,12,14,16H,4-5,10-11,13H2,1H3. The number of nitrogens with zero attached hydrogens (tertiary/aromatic N) is 4. The van der Waals surface area contributed by atoms with Gasteiger partial charge in [-0.1, -0.05) is 12.1 Å². The molecule has 0 spiro atoms. The number of imidazole rings is 1. The van der Waals surface area contributed by atoms with Crippen molar-refractivity contribution in [3.05, 3.63) is 65.9 Å². The van der Waals surface area contributed by atoms with Gasteiger partial charge in [0.15, 0.2) is 0 Å². The molecule has 0 saturated carbocycles. The third-order valence-electron chi connectivity index (χ3n) is 4.85. The Bertz CT molecular complexity index is 887.